The lowest BCUT2D eigenvalue weighted by Gasteiger charge is -2.12. The van der Waals surface area contributed by atoms with Crippen molar-refractivity contribution >= 4 is 11.9 Å². The van der Waals surface area contributed by atoms with Crippen molar-refractivity contribution in [2.75, 3.05) is 0 Å². The van der Waals surface area contributed by atoms with E-state index in [2.05, 4.69) is 20.4 Å². The first-order chi connectivity index (χ1) is 11.1. The van der Waals surface area contributed by atoms with E-state index in [1.807, 2.05) is 20.8 Å². The Bertz CT molecular complexity index is 777. The largest absolute Gasteiger partial charge is 0.478 e. The van der Waals surface area contributed by atoms with Gasteiger partial charge in [-0.1, -0.05) is 25.9 Å². The Morgan fingerprint density at radius 2 is 1.92 bits per heavy atom. The monoisotopic (exact) mass is 332 g/mol. The molecule has 2 rings (SSSR count). The smallest absolute Gasteiger partial charge is 0.337 e. The molecule has 128 valence electrons. The van der Waals surface area contributed by atoms with Gasteiger partial charge in [0, 0.05) is 5.41 Å². The number of nitrogens with zero attached hydrogens (tertiary/aromatic N) is 3. The number of nitrogens with one attached hydrogen (secondary N) is 1. The van der Waals surface area contributed by atoms with Crippen LogP contribution in [0.25, 0.3) is 0 Å². The molecule has 0 saturated carbocycles. The van der Waals surface area contributed by atoms with Crippen molar-refractivity contribution in [3.8, 4) is 0 Å². The molecule has 2 N–H and O–H groups in total. The van der Waals surface area contributed by atoms with Gasteiger partial charge in [-0.3, -0.25) is 4.79 Å². The molecule has 24 heavy (non-hydrogen) atoms. The minimum atomic E-state index is -1.08. The molecule has 2 aromatic heterocycles. The number of carboxylic acid groups (broad SMARTS) is 1. The molecule has 0 spiro atoms. The normalized spacial score (nSPS) is 12.7. The van der Waals surface area contributed by atoms with Gasteiger partial charge in [-0.05, 0) is 26.0 Å². The van der Waals surface area contributed by atoms with Crippen LogP contribution in [0.15, 0.2) is 16.7 Å². The van der Waals surface area contributed by atoms with Crippen molar-refractivity contribution in [3.63, 3.8) is 0 Å². The van der Waals surface area contributed by atoms with E-state index in [4.69, 9.17) is 9.63 Å². The molecule has 0 fully saturated rings. The van der Waals surface area contributed by atoms with Gasteiger partial charge in [-0.2, -0.15) is 4.98 Å². The molecule has 1 atom stereocenters. The van der Waals surface area contributed by atoms with Crippen molar-refractivity contribution in [2.45, 2.75) is 46.1 Å². The fourth-order valence-corrected chi connectivity index (χ4v) is 1.96. The minimum Gasteiger partial charge on any atom is -0.478 e. The van der Waals surface area contributed by atoms with Crippen LogP contribution in [0.3, 0.4) is 0 Å². The molecule has 0 aliphatic heterocycles. The molecular weight excluding hydrogens is 312 g/mol. The van der Waals surface area contributed by atoms with E-state index < -0.39 is 17.9 Å². The standard InChI is InChI=1S/C16H20N4O4/c1-8-10(14(22)23)6-7-11(17-8)12(21)18-9(2)13-19-15(20-24-13)16(3,4)5/h6-7,9H,1-5H3,(H,18,21)(H,22,23). The van der Waals surface area contributed by atoms with Crippen LogP contribution in [0.5, 0.6) is 0 Å². The van der Waals surface area contributed by atoms with Gasteiger partial charge in [0.15, 0.2) is 5.82 Å². The van der Waals surface area contributed by atoms with Crippen LogP contribution in [-0.4, -0.2) is 32.1 Å². The number of aromatic carboxylic acids is 1. The zero-order valence-corrected chi connectivity index (χ0v) is 14.2. The second-order valence-electron chi connectivity index (χ2n) is 6.54. The van der Waals surface area contributed by atoms with Crippen molar-refractivity contribution < 1.29 is 19.2 Å². The summed E-state index contributed by atoms with van der Waals surface area (Å²) in [6, 6.07) is 2.23. The number of pyridine rings is 1. The van der Waals surface area contributed by atoms with Crippen molar-refractivity contribution in [3.05, 3.63) is 40.8 Å². The van der Waals surface area contributed by atoms with Crippen LogP contribution >= 0.6 is 0 Å². The lowest BCUT2D eigenvalue weighted by Crippen LogP contribution is -2.28. The fraction of sp³-hybridized carbons (Fsp3) is 0.438. The summed E-state index contributed by atoms with van der Waals surface area (Å²) >= 11 is 0. The van der Waals surface area contributed by atoms with Gasteiger partial charge < -0.3 is 14.9 Å². The van der Waals surface area contributed by atoms with Crippen LogP contribution in [0.4, 0.5) is 0 Å². The van der Waals surface area contributed by atoms with E-state index >= 15 is 0 Å². The zero-order valence-electron chi connectivity index (χ0n) is 14.2. The molecule has 2 heterocycles. The van der Waals surface area contributed by atoms with Crippen molar-refractivity contribution in [2.24, 2.45) is 0 Å². The first-order valence-electron chi connectivity index (χ1n) is 7.45. The molecule has 0 aliphatic rings. The second kappa shape index (κ2) is 6.38. The fourth-order valence-electron chi connectivity index (χ4n) is 1.96. The molecule has 1 unspecified atom stereocenters. The van der Waals surface area contributed by atoms with Gasteiger partial charge >= 0.3 is 5.97 Å². The number of hydrogen-bond acceptors (Lipinski definition) is 6. The van der Waals surface area contributed by atoms with Gasteiger partial charge in [-0.25, -0.2) is 9.78 Å². The molecule has 2 aromatic rings. The number of carboxylic acids is 1. The molecule has 0 saturated heterocycles. The number of amides is 1. The summed E-state index contributed by atoms with van der Waals surface area (Å²) in [7, 11) is 0. The summed E-state index contributed by atoms with van der Waals surface area (Å²) in [5.74, 6) is -0.676. The molecule has 0 aliphatic carbocycles. The highest BCUT2D eigenvalue weighted by atomic mass is 16.5. The van der Waals surface area contributed by atoms with Crippen LogP contribution in [0.2, 0.25) is 0 Å². The van der Waals surface area contributed by atoms with Gasteiger partial charge in [0.25, 0.3) is 5.91 Å². The van der Waals surface area contributed by atoms with Crippen molar-refractivity contribution in [1.82, 2.24) is 20.4 Å². The Labute approximate surface area is 139 Å². The third kappa shape index (κ3) is 3.76. The lowest BCUT2D eigenvalue weighted by molar-refractivity contribution is 0.0694. The summed E-state index contributed by atoms with van der Waals surface area (Å²) < 4.78 is 5.19. The molecule has 8 heteroatoms. The Kier molecular flexibility index (Phi) is 4.68. The maximum Gasteiger partial charge on any atom is 0.337 e. The number of rotatable bonds is 4. The summed E-state index contributed by atoms with van der Waals surface area (Å²) in [6.07, 6.45) is 0. The van der Waals surface area contributed by atoms with E-state index in [0.29, 0.717) is 11.7 Å². The topological polar surface area (TPSA) is 118 Å². The number of carbonyl (C=O) groups excluding carboxylic acids is 1. The van der Waals surface area contributed by atoms with Gasteiger partial charge in [0.2, 0.25) is 5.89 Å². The number of carbonyl (C=O) groups is 2. The van der Waals surface area contributed by atoms with E-state index in [9.17, 15) is 9.59 Å². The first-order valence-corrected chi connectivity index (χ1v) is 7.45. The van der Waals surface area contributed by atoms with Gasteiger partial charge in [-0.15, -0.1) is 0 Å². The summed E-state index contributed by atoms with van der Waals surface area (Å²) in [5, 5.41) is 15.6. The highest BCUT2D eigenvalue weighted by molar-refractivity contribution is 5.94. The third-order valence-corrected chi connectivity index (χ3v) is 3.38. The molecule has 0 aromatic carbocycles. The molecular formula is C16H20N4O4. The van der Waals surface area contributed by atoms with E-state index in [-0.39, 0.29) is 22.4 Å². The van der Waals surface area contributed by atoms with Crippen LogP contribution in [-0.2, 0) is 5.41 Å². The molecule has 0 radical (unpaired) electrons. The van der Waals surface area contributed by atoms with E-state index in [1.54, 1.807) is 6.92 Å². The summed E-state index contributed by atoms with van der Waals surface area (Å²) in [6.45, 7) is 9.14. The molecule has 0 bridgehead atoms. The Morgan fingerprint density at radius 1 is 1.25 bits per heavy atom. The second-order valence-corrected chi connectivity index (χ2v) is 6.54. The quantitative estimate of drug-likeness (QED) is 0.881. The predicted octanol–water partition coefficient (Wildman–Crippen LogP) is 2.26. The average Bonchev–Trinajstić information content (AvgIpc) is 2.96. The number of aromatic nitrogens is 3. The van der Waals surface area contributed by atoms with Crippen LogP contribution in [0, 0.1) is 6.92 Å². The summed E-state index contributed by atoms with van der Waals surface area (Å²) in [5.41, 5.74) is 0.207. The number of hydrogen-bond donors (Lipinski definition) is 2. The van der Waals surface area contributed by atoms with Gasteiger partial charge in [0.1, 0.15) is 11.7 Å². The highest BCUT2D eigenvalue weighted by Crippen LogP contribution is 2.20. The van der Waals surface area contributed by atoms with Crippen LogP contribution < -0.4 is 5.32 Å². The maximum absolute atomic E-state index is 12.3. The van der Waals surface area contributed by atoms with Gasteiger partial charge in [0.05, 0.1) is 11.3 Å². The number of aryl methyl sites for hydroxylation is 1. The third-order valence-electron chi connectivity index (χ3n) is 3.38. The molecule has 8 nitrogen and oxygen atoms in total. The van der Waals surface area contributed by atoms with E-state index in [0.717, 1.165) is 0 Å². The first kappa shape index (κ1) is 17.6. The average molecular weight is 332 g/mol. The van der Waals surface area contributed by atoms with E-state index in [1.165, 1.54) is 19.1 Å². The van der Waals surface area contributed by atoms with Crippen LogP contribution in [0.1, 0.15) is 72.0 Å². The lowest BCUT2D eigenvalue weighted by atomic mass is 9.96. The minimum absolute atomic E-state index is 0.0614. The SMILES string of the molecule is Cc1nc(C(=O)NC(C)c2nc(C(C)(C)C)no2)ccc1C(=O)O. The Hall–Kier alpha value is -2.77. The maximum atomic E-state index is 12.3. The Balaban J connectivity index is 2.13. The zero-order chi connectivity index (χ0) is 18.1. The predicted molar refractivity (Wildman–Crippen MR) is 84.8 cm³/mol. The Morgan fingerprint density at radius 3 is 2.42 bits per heavy atom. The summed E-state index contributed by atoms with van der Waals surface area (Å²) in [4.78, 5) is 31.6. The molecule has 1 amide bonds. The van der Waals surface area contributed by atoms with Crippen molar-refractivity contribution in [1.29, 1.82) is 0 Å². The highest BCUT2D eigenvalue weighted by Gasteiger charge is 2.24.